The Labute approximate surface area is 241 Å². The Kier molecular flexibility index (Phi) is 8.03. The van der Waals surface area contributed by atoms with E-state index < -0.39 is 0 Å². The molecule has 0 aliphatic carbocycles. The number of rotatable bonds is 7. The predicted molar refractivity (Wildman–Crippen MR) is 161 cm³/mol. The van der Waals surface area contributed by atoms with Crippen LogP contribution in [-0.4, -0.2) is 53.1 Å². The first kappa shape index (κ1) is 26.7. The lowest BCUT2D eigenvalue weighted by molar-refractivity contribution is -0.133. The van der Waals surface area contributed by atoms with E-state index in [0.717, 1.165) is 61.5 Å². The van der Waals surface area contributed by atoms with Gasteiger partial charge in [0.25, 0.3) is 0 Å². The van der Waals surface area contributed by atoms with Gasteiger partial charge in [0.2, 0.25) is 11.8 Å². The maximum absolute atomic E-state index is 13.8. The van der Waals surface area contributed by atoms with Crippen LogP contribution in [0.3, 0.4) is 0 Å². The summed E-state index contributed by atoms with van der Waals surface area (Å²) in [6, 6.07) is 32.2. The van der Waals surface area contributed by atoms with E-state index in [-0.39, 0.29) is 23.7 Å². The molecule has 208 valence electrons. The second-order valence-corrected chi connectivity index (χ2v) is 11.0. The number of carbonyl (C=O) groups excluding carboxylic acids is 2. The van der Waals surface area contributed by atoms with E-state index in [1.54, 1.807) is 6.20 Å². The Morgan fingerprint density at radius 1 is 0.756 bits per heavy atom. The third-order valence-electron chi connectivity index (χ3n) is 8.41. The second kappa shape index (κ2) is 12.3. The van der Waals surface area contributed by atoms with Crippen molar-refractivity contribution in [3.63, 3.8) is 0 Å². The summed E-state index contributed by atoms with van der Waals surface area (Å²) in [4.78, 5) is 30.8. The second-order valence-electron chi connectivity index (χ2n) is 11.0. The van der Waals surface area contributed by atoms with Crippen LogP contribution >= 0.6 is 0 Å². The van der Waals surface area contributed by atoms with Gasteiger partial charge in [0.05, 0.1) is 11.8 Å². The van der Waals surface area contributed by atoms with Crippen LogP contribution in [-0.2, 0) is 9.59 Å². The number of aromatic nitrogens is 2. The minimum Gasteiger partial charge on any atom is -0.354 e. The third-order valence-corrected chi connectivity index (χ3v) is 8.41. The molecule has 1 aromatic heterocycles. The first-order chi connectivity index (χ1) is 20.2. The number of piperidine rings is 1. The van der Waals surface area contributed by atoms with Crippen molar-refractivity contribution in [2.75, 3.05) is 36.4 Å². The molecule has 2 saturated heterocycles. The van der Waals surface area contributed by atoms with Gasteiger partial charge in [-0.25, -0.2) is 0 Å². The topological polar surface area (TPSA) is 78.4 Å². The molecule has 0 bridgehead atoms. The SMILES string of the molecule is O=C(Nc1ccc(C2CCN(C(=O)C(c3ccccc3)c3ccccc3)CC2)cc1)[C@H]1CCN(c2cccnn2)C1. The molecule has 3 heterocycles. The molecule has 2 aliphatic rings. The number of nitrogens with zero attached hydrogens (tertiary/aromatic N) is 4. The summed E-state index contributed by atoms with van der Waals surface area (Å²) in [6.45, 7) is 2.92. The summed E-state index contributed by atoms with van der Waals surface area (Å²) in [6.07, 6.45) is 4.30. The molecule has 2 fully saturated rings. The highest BCUT2D eigenvalue weighted by atomic mass is 16.2. The van der Waals surface area contributed by atoms with Crippen molar-refractivity contribution in [3.8, 4) is 0 Å². The highest BCUT2D eigenvalue weighted by molar-refractivity contribution is 5.93. The van der Waals surface area contributed by atoms with E-state index in [1.807, 2.05) is 89.8 Å². The summed E-state index contributed by atoms with van der Waals surface area (Å²) < 4.78 is 0. The van der Waals surface area contributed by atoms with Crippen molar-refractivity contribution in [1.29, 1.82) is 0 Å². The average molecular weight is 546 g/mol. The molecule has 4 aromatic rings. The van der Waals surface area contributed by atoms with Gasteiger partial charge < -0.3 is 15.1 Å². The predicted octanol–water partition coefficient (Wildman–Crippen LogP) is 5.48. The average Bonchev–Trinajstić information content (AvgIpc) is 3.54. The van der Waals surface area contributed by atoms with E-state index in [2.05, 4.69) is 32.5 Å². The standard InChI is InChI=1S/C34H35N5O2/c40-33(29-19-23-39(24-29)31-12-7-20-35-37-31)36-30-15-13-25(14-16-30)26-17-21-38(22-18-26)34(41)32(27-8-3-1-4-9-27)28-10-5-2-6-11-28/h1-16,20,26,29,32H,17-19,21-24H2,(H,36,40)/t29-/m0/s1. The molecule has 0 unspecified atom stereocenters. The molecule has 6 rings (SSSR count). The zero-order valence-corrected chi connectivity index (χ0v) is 23.1. The fourth-order valence-electron chi connectivity index (χ4n) is 6.11. The van der Waals surface area contributed by atoms with E-state index in [9.17, 15) is 9.59 Å². The maximum Gasteiger partial charge on any atom is 0.234 e. The van der Waals surface area contributed by atoms with Gasteiger partial charge in [-0.05, 0) is 66.1 Å². The van der Waals surface area contributed by atoms with Crippen LogP contribution in [0, 0.1) is 5.92 Å². The highest BCUT2D eigenvalue weighted by Crippen LogP contribution is 2.33. The number of hydrogen-bond donors (Lipinski definition) is 1. The van der Waals surface area contributed by atoms with Crippen LogP contribution in [0.1, 0.15) is 47.8 Å². The molecular formula is C34H35N5O2. The molecule has 7 heteroatoms. The van der Waals surface area contributed by atoms with Crippen molar-refractivity contribution in [1.82, 2.24) is 15.1 Å². The summed E-state index contributed by atoms with van der Waals surface area (Å²) >= 11 is 0. The van der Waals surface area contributed by atoms with Gasteiger partial charge in [-0.3, -0.25) is 9.59 Å². The molecule has 1 atom stereocenters. The first-order valence-electron chi connectivity index (χ1n) is 14.5. The van der Waals surface area contributed by atoms with Crippen LogP contribution in [0.5, 0.6) is 0 Å². The van der Waals surface area contributed by atoms with Gasteiger partial charge in [-0.2, -0.15) is 5.10 Å². The fraction of sp³-hybridized carbons (Fsp3) is 0.294. The van der Waals surface area contributed by atoms with Crippen molar-refractivity contribution in [2.24, 2.45) is 5.92 Å². The Bertz CT molecular complexity index is 1400. The Morgan fingerprint density at radius 2 is 1.41 bits per heavy atom. The number of anilines is 2. The molecule has 41 heavy (non-hydrogen) atoms. The summed E-state index contributed by atoms with van der Waals surface area (Å²) in [5.74, 6) is 1.06. The van der Waals surface area contributed by atoms with Crippen molar-refractivity contribution >= 4 is 23.3 Å². The van der Waals surface area contributed by atoms with E-state index in [4.69, 9.17) is 0 Å². The van der Waals surface area contributed by atoms with Gasteiger partial charge in [0.1, 0.15) is 0 Å². The minimum atomic E-state index is -0.288. The quantitative estimate of drug-likeness (QED) is 0.333. The number of hydrogen-bond acceptors (Lipinski definition) is 5. The van der Waals surface area contributed by atoms with Crippen LogP contribution in [0.4, 0.5) is 11.5 Å². The van der Waals surface area contributed by atoms with Gasteiger partial charge in [0.15, 0.2) is 5.82 Å². The van der Waals surface area contributed by atoms with E-state index in [0.29, 0.717) is 12.5 Å². The van der Waals surface area contributed by atoms with Crippen LogP contribution in [0.15, 0.2) is 103 Å². The molecular weight excluding hydrogens is 510 g/mol. The molecule has 2 amide bonds. The van der Waals surface area contributed by atoms with Gasteiger partial charge in [-0.15, -0.1) is 5.10 Å². The van der Waals surface area contributed by atoms with Gasteiger partial charge >= 0.3 is 0 Å². The monoisotopic (exact) mass is 545 g/mol. The number of benzene rings is 3. The zero-order valence-electron chi connectivity index (χ0n) is 23.1. The zero-order chi connectivity index (χ0) is 28.0. The highest BCUT2D eigenvalue weighted by Gasteiger charge is 2.31. The normalized spacial score (nSPS) is 17.5. The van der Waals surface area contributed by atoms with Gasteiger partial charge in [0, 0.05) is 38.1 Å². The lowest BCUT2D eigenvalue weighted by Crippen LogP contribution is -2.41. The summed E-state index contributed by atoms with van der Waals surface area (Å²) in [5.41, 5.74) is 4.13. The van der Waals surface area contributed by atoms with Crippen molar-refractivity contribution in [3.05, 3.63) is 120 Å². The van der Waals surface area contributed by atoms with E-state index >= 15 is 0 Å². The molecule has 0 spiro atoms. The fourth-order valence-corrected chi connectivity index (χ4v) is 6.11. The lowest BCUT2D eigenvalue weighted by atomic mass is 9.86. The van der Waals surface area contributed by atoms with Crippen LogP contribution < -0.4 is 10.2 Å². The lowest BCUT2D eigenvalue weighted by Gasteiger charge is -2.35. The molecule has 3 aromatic carbocycles. The number of likely N-dealkylation sites (tertiary alicyclic amines) is 1. The Hall–Kier alpha value is -4.52. The van der Waals surface area contributed by atoms with Crippen LogP contribution in [0.25, 0.3) is 0 Å². The molecule has 7 nitrogen and oxygen atoms in total. The number of carbonyl (C=O) groups is 2. The Morgan fingerprint density at radius 3 is 2.02 bits per heavy atom. The van der Waals surface area contributed by atoms with Crippen molar-refractivity contribution in [2.45, 2.75) is 31.1 Å². The largest absolute Gasteiger partial charge is 0.354 e. The molecule has 1 N–H and O–H groups in total. The molecule has 0 radical (unpaired) electrons. The maximum atomic E-state index is 13.8. The Balaban J connectivity index is 1.04. The molecule has 2 aliphatic heterocycles. The summed E-state index contributed by atoms with van der Waals surface area (Å²) in [7, 11) is 0. The smallest absolute Gasteiger partial charge is 0.234 e. The van der Waals surface area contributed by atoms with Gasteiger partial charge in [-0.1, -0.05) is 72.8 Å². The minimum absolute atomic E-state index is 0.0438. The van der Waals surface area contributed by atoms with Crippen molar-refractivity contribution < 1.29 is 9.59 Å². The first-order valence-corrected chi connectivity index (χ1v) is 14.5. The number of amides is 2. The van der Waals surface area contributed by atoms with E-state index in [1.165, 1.54) is 5.56 Å². The number of nitrogens with one attached hydrogen (secondary N) is 1. The molecule has 0 saturated carbocycles. The third kappa shape index (κ3) is 6.14. The van der Waals surface area contributed by atoms with Crippen LogP contribution in [0.2, 0.25) is 0 Å². The summed E-state index contributed by atoms with van der Waals surface area (Å²) in [5, 5.41) is 11.2.